The molecule has 0 radical (unpaired) electrons. The standard InChI is InChI=1S/C55H61FN10O8S2/c1-35(2)41-6-4-5-7-42(41)45-32-63(31-36-8-10-39(72-3)11-9-36)20-21-65(45)38-27-54(28-38)13-18-64(19-14-54)48-26-46(74-40-24-37-12-17-57-52(37)59-29-40)43(30-58-48)53(67)62-76(70,71)47-25-44(66(68)69)49(51-50(47)61-34-75-51)60-33-55(56)15-22-73-23-16-55/h4-12,17,24-26,29-30,34-35,38,45,60H,13-16,18-23,27-28,31-33H2,1-3H3,(H,57,59)(H,62,67). The highest BCUT2D eigenvalue weighted by atomic mass is 32.2. The Labute approximate surface area is 444 Å². The van der Waals surface area contributed by atoms with Gasteiger partial charge in [0, 0.05) is 114 Å². The van der Waals surface area contributed by atoms with E-state index in [-0.39, 0.29) is 71.3 Å². The van der Waals surface area contributed by atoms with Crippen molar-refractivity contribution < 1.29 is 36.7 Å². The van der Waals surface area contributed by atoms with Crippen LogP contribution in [0.5, 0.6) is 17.2 Å². The molecule has 1 amide bonds. The number of aromatic nitrogens is 4. The molecule has 3 aromatic carbocycles. The third-order valence-corrected chi connectivity index (χ3v) is 18.1. The third kappa shape index (κ3) is 10.4. The van der Waals surface area contributed by atoms with Crippen molar-refractivity contribution in [3.05, 3.63) is 129 Å². The Morgan fingerprint density at radius 2 is 1.75 bits per heavy atom. The maximum atomic E-state index is 15.6. The van der Waals surface area contributed by atoms with E-state index in [9.17, 15) is 23.3 Å². The van der Waals surface area contributed by atoms with Gasteiger partial charge in [0.1, 0.15) is 56.0 Å². The fourth-order valence-electron chi connectivity index (χ4n) is 11.7. The first kappa shape index (κ1) is 51.3. The molecular formula is C55H61FN10O8S2. The molecule has 398 valence electrons. The Kier molecular flexibility index (Phi) is 14.2. The van der Waals surface area contributed by atoms with Crippen LogP contribution < -0.4 is 24.4 Å². The SMILES string of the molecule is COc1ccc(CN2CCN(C3CC4(CCN(c5cc(Oc6cnc7[nH]ccc7c6)c(C(=O)NS(=O)(=O)c6cc([N+](=O)[O-])c(NCC7(F)CCOCC7)c7scnc67)cn5)CC4)C3)C(c3ccccc3C(C)C)C2)cc1. The van der Waals surface area contributed by atoms with Crippen LogP contribution in [0.4, 0.5) is 21.6 Å². The number of pyridine rings is 2. The van der Waals surface area contributed by atoms with Gasteiger partial charge in [0.15, 0.2) is 0 Å². The first-order valence-electron chi connectivity index (χ1n) is 25.9. The van der Waals surface area contributed by atoms with Gasteiger partial charge in [-0.25, -0.2) is 32.5 Å². The summed E-state index contributed by atoms with van der Waals surface area (Å²) in [6.45, 7) is 9.95. The van der Waals surface area contributed by atoms with Gasteiger partial charge >= 0.3 is 0 Å². The number of nitrogens with zero attached hydrogens (tertiary/aromatic N) is 7. The molecule has 4 aromatic heterocycles. The van der Waals surface area contributed by atoms with E-state index >= 15 is 4.39 Å². The molecule has 7 aromatic rings. The monoisotopic (exact) mass is 1070 g/mol. The quantitative estimate of drug-likeness (QED) is 0.0608. The summed E-state index contributed by atoms with van der Waals surface area (Å²) in [7, 11) is -3.14. The van der Waals surface area contributed by atoms with E-state index in [0.717, 1.165) is 93.5 Å². The molecule has 0 bridgehead atoms. The highest BCUT2D eigenvalue weighted by molar-refractivity contribution is 7.90. The zero-order valence-electron chi connectivity index (χ0n) is 42.7. The number of rotatable bonds is 16. The second-order valence-corrected chi connectivity index (χ2v) is 23.5. The number of piperidine rings is 1. The van der Waals surface area contributed by atoms with Crippen LogP contribution in [-0.4, -0.2) is 120 Å². The molecule has 18 nitrogen and oxygen atoms in total. The minimum atomic E-state index is -4.83. The van der Waals surface area contributed by atoms with Crippen LogP contribution in [-0.2, 0) is 21.3 Å². The first-order chi connectivity index (χ1) is 36.7. The third-order valence-electron chi connectivity index (χ3n) is 15.9. The number of ether oxygens (including phenoxy) is 3. The summed E-state index contributed by atoms with van der Waals surface area (Å²) in [4.78, 5) is 49.5. The average Bonchev–Trinajstić information content (AvgIpc) is 4.12. The molecule has 4 fully saturated rings. The predicted molar refractivity (Wildman–Crippen MR) is 289 cm³/mol. The number of hydrogen-bond donors (Lipinski definition) is 3. The number of alkyl halides is 1. The number of carbonyl (C=O) groups excluding carboxylic acids is 1. The zero-order valence-corrected chi connectivity index (χ0v) is 44.3. The second kappa shape index (κ2) is 21.0. The molecule has 1 spiro atoms. The van der Waals surface area contributed by atoms with Crippen LogP contribution in [0.1, 0.15) is 91.4 Å². The van der Waals surface area contributed by atoms with Gasteiger partial charge in [0.25, 0.3) is 21.6 Å². The lowest BCUT2D eigenvalue weighted by Gasteiger charge is -2.58. The Morgan fingerprint density at radius 3 is 2.50 bits per heavy atom. The molecule has 1 aliphatic carbocycles. The van der Waals surface area contributed by atoms with E-state index in [1.165, 1.54) is 34.6 Å². The number of nitro benzene ring substituents is 1. The van der Waals surface area contributed by atoms with Crippen LogP contribution in [0.15, 0.2) is 102 Å². The van der Waals surface area contributed by atoms with Crippen molar-refractivity contribution in [3.8, 4) is 17.2 Å². The minimum Gasteiger partial charge on any atom is -0.497 e. The molecule has 3 aliphatic heterocycles. The van der Waals surface area contributed by atoms with Crippen LogP contribution in [0.25, 0.3) is 21.3 Å². The fraction of sp³-hybridized carbons (Fsp3) is 0.418. The number of fused-ring (bicyclic) bond motifs is 2. The van der Waals surface area contributed by atoms with Gasteiger partial charge in [0.05, 0.1) is 28.4 Å². The maximum absolute atomic E-state index is 15.6. The number of sulfonamides is 1. The van der Waals surface area contributed by atoms with Gasteiger partial charge in [-0.05, 0) is 78.0 Å². The average molecular weight is 1070 g/mol. The molecule has 1 atom stereocenters. The molecule has 7 heterocycles. The van der Waals surface area contributed by atoms with Gasteiger partial charge < -0.3 is 29.4 Å². The van der Waals surface area contributed by atoms with Crippen LogP contribution in [0.2, 0.25) is 0 Å². The predicted octanol–water partition coefficient (Wildman–Crippen LogP) is 9.76. The first-order valence-corrected chi connectivity index (χ1v) is 28.2. The number of thiazole rings is 1. The van der Waals surface area contributed by atoms with Crippen molar-refractivity contribution in [2.24, 2.45) is 5.41 Å². The van der Waals surface area contributed by atoms with E-state index in [1.807, 2.05) is 18.2 Å². The number of nitrogens with one attached hydrogen (secondary N) is 3. The summed E-state index contributed by atoms with van der Waals surface area (Å²) in [5.41, 5.74) is 3.57. The summed E-state index contributed by atoms with van der Waals surface area (Å²) in [6.07, 6.45) is 8.85. The van der Waals surface area contributed by atoms with Crippen molar-refractivity contribution >= 4 is 65.7 Å². The molecule has 1 unspecified atom stereocenters. The van der Waals surface area contributed by atoms with Crippen molar-refractivity contribution in [3.63, 3.8) is 0 Å². The number of H-pyrrole nitrogens is 1. The van der Waals surface area contributed by atoms with E-state index in [2.05, 4.69) is 89.9 Å². The van der Waals surface area contributed by atoms with E-state index < -0.39 is 37.1 Å². The Hall–Kier alpha value is -6.78. The van der Waals surface area contributed by atoms with Gasteiger partial charge in [-0.1, -0.05) is 50.2 Å². The van der Waals surface area contributed by atoms with Gasteiger partial charge in [0.2, 0.25) is 0 Å². The molecule has 11 rings (SSSR count). The van der Waals surface area contributed by atoms with Crippen LogP contribution in [0, 0.1) is 15.5 Å². The van der Waals surface area contributed by atoms with Crippen molar-refractivity contribution in [1.29, 1.82) is 0 Å². The topological polar surface area (TPSA) is 210 Å². The van der Waals surface area contributed by atoms with Crippen molar-refractivity contribution in [2.45, 2.75) is 87.5 Å². The summed E-state index contributed by atoms with van der Waals surface area (Å²) < 4.78 is 63.4. The van der Waals surface area contributed by atoms with Gasteiger partial charge in [-0.15, -0.1) is 11.3 Å². The van der Waals surface area contributed by atoms with Gasteiger partial charge in [-0.3, -0.25) is 24.7 Å². The highest BCUT2D eigenvalue weighted by Gasteiger charge is 2.50. The lowest BCUT2D eigenvalue weighted by molar-refractivity contribution is -0.384. The number of anilines is 2. The number of benzene rings is 3. The molecule has 1 saturated carbocycles. The Bertz CT molecular complexity index is 3390. The smallest absolute Gasteiger partial charge is 0.295 e. The Morgan fingerprint density at radius 1 is 0.974 bits per heavy atom. The Balaban J connectivity index is 0.810. The van der Waals surface area contributed by atoms with Crippen molar-refractivity contribution in [2.75, 3.05) is 69.8 Å². The second-order valence-electron chi connectivity index (χ2n) is 21.0. The lowest BCUT2D eigenvalue weighted by atomic mass is 9.59. The van der Waals surface area contributed by atoms with E-state index in [4.69, 9.17) is 19.2 Å². The lowest BCUT2D eigenvalue weighted by Crippen LogP contribution is -2.60. The minimum absolute atomic E-state index is 0.0369. The summed E-state index contributed by atoms with van der Waals surface area (Å²) in [6, 6.07) is 24.1. The molecule has 4 aliphatic rings. The van der Waals surface area contributed by atoms with Gasteiger partial charge in [-0.2, -0.15) is 0 Å². The molecule has 21 heteroatoms. The molecular weight excluding hydrogens is 1010 g/mol. The largest absolute Gasteiger partial charge is 0.497 e. The normalized spacial score (nSPS) is 19.2. The number of nitro groups is 1. The molecule has 76 heavy (non-hydrogen) atoms. The number of methoxy groups -OCH3 is 1. The summed E-state index contributed by atoms with van der Waals surface area (Å²) in [5.74, 6) is 1.08. The molecule has 3 N–H and O–H groups in total. The van der Waals surface area contributed by atoms with E-state index in [0.29, 0.717) is 29.2 Å². The maximum Gasteiger partial charge on any atom is 0.295 e. The fourth-order valence-corrected chi connectivity index (χ4v) is 13.7. The summed E-state index contributed by atoms with van der Waals surface area (Å²) >= 11 is 0.958. The number of carbonyl (C=O) groups is 1. The van der Waals surface area contributed by atoms with Crippen LogP contribution >= 0.6 is 11.3 Å². The zero-order chi connectivity index (χ0) is 52.8. The number of aromatic amines is 1. The number of amides is 1. The number of hydrogen-bond acceptors (Lipinski definition) is 16. The summed E-state index contributed by atoms with van der Waals surface area (Å²) in [5, 5.41) is 16.1. The van der Waals surface area contributed by atoms with Crippen LogP contribution in [0.3, 0.4) is 0 Å². The highest BCUT2D eigenvalue weighted by Crippen LogP contribution is 2.53. The number of halogens is 1. The van der Waals surface area contributed by atoms with E-state index in [1.54, 1.807) is 25.4 Å². The number of piperazine rings is 1. The molecule has 3 saturated heterocycles. The van der Waals surface area contributed by atoms with Crippen molar-refractivity contribution in [1.82, 2.24) is 34.5 Å².